The SMILES string of the molecule is O=[N+]([O-])c1ccc(OC2CCOCC2)cc1. The van der Waals surface area contributed by atoms with Gasteiger partial charge < -0.3 is 9.47 Å². The van der Waals surface area contributed by atoms with Gasteiger partial charge in [0.2, 0.25) is 0 Å². The van der Waals surface area contributed by atoms with Crippen molar-refractivity contribution in [2.75, 3.05) is 13.2 Å². The van der Waals surface area contributed by atoms with Gasteiger partial charge in [-0.25, -0.2) is 0 Å². The fraction of sp³-hybridized carbons (Fsp3) is 0.455. The number of hydrogen-bond donors (Lipinski definition) is 0. The summed E-state index contributed by atoms with van der Waals surface area (Å²) in [6.07, 6.45) is 1.91. The first kappa shape index (κ1) is 10.9. The van der Waals surface area contributed by atoms with E-state index in [4.69, 9.17) is 9.47 Å². The van der Waals surface area contributed by atoms with Crippen molar-refractivity contribution < 1.29 is 14.4 Å². The molecule has 0 aliphatic carbocycles. The molecule has 0 spiro atoms. The average molecular weight is 223 g/mol. The van der Waals surface area contributed by atoms with Gasteiger partial charge in [-0.15, -0.1) is 0 Å². The Hall–Kier alpha value is -1.62. The number of hydrogen-bond acceptors (Lipinski definition) is 4. The van der Waals surface area contributed by atoms with Crippen LogP contribution in [0.4, 0.5) is 5.69 Å². The van der Waals surface area contributed by atoms with Crippen molar-refractivity contribution in [1.82, 2.24) is 0 Å². The van der Waals surface area contributed by atoms with Crippen LogP contribution in [0.25, 0.3) is 0 Å². The van der Waals surface area contributed by atoms with Crippen molar-refractivity contribution in [1.29, 1.82) is 0 Å². The van der Waals surface area contributed by atoms with E-state index in [0.29, 0.717) is 5.75 Å². The van der Waals surface area contributed by atoms with Crippen LogP contribution in [-0.2, 0) is 4.74 Å². The van der Waals surface area contributed by atoms with E-state index in [-0.39, 0.29) is 11.8 Å². The molecule has 2 rings (SSSR count). The molecule has 0 N–H and O–H groups in total. The summed E-state index contributed by atoms with van der Waals surface area (Å²) in [5.74, 6) is 0.678. The lowest BCUT2D eigenvalue weighted by Crippen LogP contribution is -2.25. The third-order valence-corrected chi connectivity index (χ3v) is 2.52. The van der Waals surface area contributed by atoms with Crippen molar-refractivity contribution in [2.45, 2.75) is 18.9 Å². The molecule has 16 heavy (non-hydrogen) atoms. The van der Waals surface area contributed by atoms with Crippen molar-refractivity contribution in [2.24, 2.45) is 0 Å². The van der Waals surface area contributed by atoms with Gasteiger partial charge in [0, 0.05) is 25.0 Å². The third kappa shape index (κ3) is 2.70. The first-order valence-electron chi connectivity index (χ1n) is 5.24. The highest BCUT2D eigenvalue weighted by Gasteiger charge is 2.15. The molecule has 1 heterocycles. The highest BCUT2D eigenvalue weighted by Crippen LogP contribution is 2.21. The lowest BCUT2D eigenvalue weighted by molar-refractivity contribution is -0.384. The minimum absolute atomic E-state index is 0.0827. The van der Waals surface area contributed by atoms with E-state index in [1.54, 1.807) is 12.1 Å². The number of nitrogens with zero attached hydrogens (tertiary/aromatic N) is 1. The number of rotatable bonds is 3. The smallest absolute Gasteiger partial charge is 0.269 e. The van der Waals surface area contributed by atoms with Crippen LogP contribution in [0.15, 0.2) is 24.3 Å². The summed E-state index contributed by atoms with van der Waals surface area (Å²) < 4.78 is 10.9. The summed E-state index contributed by atoms with van der Waals surface area (Å²) >= 11 is 0. The van der Waals surface area contributed by atoms with E-state index in [1.165, 1.54) is 12.1 Å². The van der Waals surface area contributed by atoms with Gasteiger partial charge in [0.15, 0.2) is 0 Å². The zero-order valence-electron chi connectivity index (χ0n) is 8.80. The third-order valence-electron chi connectivity index (χ3n) is 2.52. The van der Waals surface area contributed by atoms with Crippen molar-refractivity contribution >= 4 is 5.69 Å². The molecule has 1 saturated heterocycles. The molecular weight excluding hydrogens is 210 g/mol. The quantitative estimate of drug-likeness (QED) is 0.581. The molecule has 5 heteroatoms. The van der Waals surface area contributed by atoms with Gasteiger partial charge in [0.25, 0.3) is 5.69 Å². The predicted molar refractivity (Wildman–Crippen MR) is 57.6 cm³/mol. The molecule has 0 bridgehead atoms. The van der Waals surface area contributed by atoms with Crippen LogP contribution in [0.5, 0.6) is 5.75 Å². The summed E-state index contributed by atoms with van der Waals surface area (Å²) in [5.41, 5.74) is 0.0827. The first-order chi connectivity index (χ1) is 7.75. The zero-order valence-corrected chi connectivity index (χ0v) is 8.80. The number of nitro groups is 1. The van der Waals surface area contributed by atoms with Crippen LogP contribution >= 0.6 is 0 Å². The van der Waals surface area contributed by atoms with Crippen LogP contribution < -0.4 is 4.74 Å². The maximum absolute atomic E-state index is 10.5. The molecule has 1 aliphatic heterocycles. The normalized spacial score (nSPS) is 17.0. The molecule has 0 atom stereocenters. The lowest BCUT2D eigenvalue weighted by atomic mass is 10.1. The molecule has 0 aromatic heterocycles. The Bertz CT molecular complexity index is 357. The maximum Gasteiger partial charge on any atom is 0.269 e. The Morgan fingerprint density at radius 3 is 2.44 bits per heavy atom. The molecule has 1 aromatic carbocycles. The molecule has 0 saturated carbocycles. The summed E-state index contributed by atoms with van der Waals surface area (Å²) in [6, 6.07) is 6.17. The molecule has 0 radical (unpaired) electrons. The average Bonchev–Trinajstić information content (AvgIpc) is 2.31. The molecule has 0 unspecified atom stereocenters. The summed E-state index contributed by atoms with van der Waals surface area (Å²) in [5, 5.41) is 10.5. The highest BCUT2D eigenvalue weighted by molar-refractivity contribution is 5.36. The van der Waals surface area contributed by atoms with Crippen LogP contribution in [-0.4, -0.2) is 24.2 Å². The van der Waals surface area contributed by atoms with Gasteiger partial charge in [-0.2, -0.15) is 0 Å². The minimum Gasteiger partial charge on any atom is -0.490 e. The van der Waals surface area contributed by atoms with Gasteiger partial charge >= 0.3 is 0 Å². The Balaban J connectivity index is 1.96. The van der Waals surface area contributed by atoms with Gasteiger partial charge in [0.1, 0.15) is 11.9 Å². The van der Waals surface area contributed by atoms with Gasteiger partial charge in [-0.3, -0.25) is 10.1 Å². The lowest BCUT2D eigenvalue weighted by Gasteiger charge is -2.23. The standard InChI is InChI=1S/C11H13NO4/c13-12(14)9-1-3-10(4-2-9)16-11-5-7-15-8-6-11/h1-4,11H,5-8H2. The summed E-state index contributed by atoms with van der Waals surface area (Å²) in [6.45, 7) is 1.44. The summed E-state index contributed by atoms with van der Waals surface area (Å²) in [4.78, 5) is 10.0. The van der Waals surface area contributed by atoms with Crippen molar-refractivity contribution in [3.05, 3.63) is 34.4 Å². The fourth-order valence-corrected chi connectivity index (χ4v) is 1.63. The van der Waals surface area contributed by atoms with Crippen LogP contribution in [0.2, 0.25) is 0 Å². The Labute approximate surface area is 93.1 Å². The fourth-order valence-electron chi connectivity index (χ4n) is 1.63. The maximum atomic E-state index is 10.5. The number of nitro benzene ring substituents is 1. The van der Waals surface area contributed by atoms with Gasteiger partial charge in [-0.1, -0.05) is 0 Å². The molecule has 1 aliphatic rings. The predicted octanol–water partition coefficient (Wildman–Crippen LogP) is 2.15. The van der Waals surface area contributed by atoms with E-state index >= 15 is 0 Å². The molecule has 0 amide bonds. The molecule has 86 valence electrons. The zero-order chi connectivity index (χ0) is 11.4. The number of ether oxygens (including phenoxy) is 2. The van der Waals surface area contributed by atoms with Crippen molar-refractivity contribution in [3.8, 4) is 5.75 Å². The molecular formula is C11H13NO4. The van der Waals surface area contributed by atoms with Crippen LogP contribution in [0.3, 0.4) is 0 Å². The van der Waals surface area contributed by atoms with Gasteiger partial charge in [0.05, 0.1) is 18.1 Å². The largest absolute Gasteiger partial charge is 0.490 e. The minimum atomic E-state index is -0.418. The Morgan fingerprint density at radius 1 is 1.25 bits per heavy atom. The first-order valence-corrected chi connectivity index (χ1v) is 5.24. The number of non-ortho nitro benzene ring substituents is 1. The van der Waals surface area contributed by atoms with Crippen molar-refractivity contribution in [3.63, 3.8) is 0 Å². The van der Waals surface area contributed by atoms with E-state index in [9.17, 15) is 10.1 Å². The van der Waals surface area contributed by atoms with E-state index < -0.39 is 4.92 Å². The van der Waals surface area contributed by atoms with E-state index in [1.807, 2.05) is 0 Å². The summed E-state index contributed by atoms with van der Waals surface area (Å²) in [7, 11) is 0. The van der Waals surface area contributed by atoms with Gasteiger partial charge in [-0.05, 0) is 12.1 Å². The number of benzene rings is 1. The topological polar surface area (TPSA) is 61.6 Å². The molecule has 1 aromatic rings. The Morgan fingerprint density at radius 2 is 1.88 bits per heavy atom. The van der Waals surface area contributed by atoms with Crippen LogP contribution in [0.1, 0.15) is 12.8 Å². The highest BCUT2D eigenvalue weighted by atomic mass is 16.6. The second kappa shape index (κ2) is 4.94. The second-order valence-corrected chi connectivity index (χ2v) is 3.68. The second-order valence-electron chi connectivity index (χ2n) is 3.68. The van der Waals surface area contributed by atoms with E-state index in [2.05, 4.69) is 0 Å². The molecule has 5 nitrogen and oxygen atoms in total. The van der Waals surface area contributed by atoms with Crippen LogP contribution in [0, 0.1) is 10.1 Å². The van der Waals surface area contributed by atoms with E-state index in [0.717, 1.165) is 26.1 Å². The monoisotopic (exact) mass is 223 g/mol. The Kier molecular flexibility index (Phi) is 3.36. The molecule has 1 fully saturated rings.